The number of benzene rings is 1. The van der Waals surface area contributed by atoms with E-state index in [1.807, 2.05) is 30.5 Å². The van der Waals surface area contributed by atoms with Gasteiger partial charge in [0.2, 0.25) is 5.91 Å². The standard InChI is InChI=1S/C15H18BrN3O2/c1-21-8-2-3-15(20)18-14-9-17-19(11-14)10-12-4-6-13(16)7-5-12/h4-7,9,11H,2-3,8,10H2,1H3,(H,18,20). The van der Waals surface area contributed by atoms with Crippen LogP contribution in [0.2, 0.25) is 0 Å². The van der Waals surface area contributed by atoms with E-state index in [-0.39, 0.29) is 5.91 Å². The van der Waals surface area contributed by atoms with Gasteiger partial charge in [-0.2, -0.15) is 5.10 Å². The number of hydrogen-bond donors (Lipinski definition) is 1. The Morgan fingerprint density at radius 3 is 2.86 bits per heavy atom. The van der Waals surface area contributed by atoms with Crippen molar-refractivity contribution in [2.24, 2.45) is 0 Å². The predicted octanol–water partition coefficient (Wildman–Crippen LogP) is 3.06. The van der Waals surface area contributed by atoms with Crippen LogP contribution in [0, 0.1) is 0 Å². The monoisotopic (exact) mass is 351 g/mol. The van der Waals surface area contributed by atoms with Gasteiger partial charge in [0.25, 0.3) is 0 Å². The third kappa shape index (κ3) is 5.32. The van der Waals surface area contributed by atoms with Gasteiger partial charge in [-0.3, -0.25) is 9.48 Å². The fourth-order valence-electron chi connectivity index (χ4n) is 1.89. The van der Waals surface area contributed by atoms with E-state index in [1.165, 1.54) is 0 Å². The highest BCUT2D eigenvalue weighted by molar-refractivity contribution is 9.10. The lowest BCUT2D eigenvalue weighted by molar-refractivity contribution is -0.116. The van der Waals surface area contributed by atoms with Crippen LogP contribution in [0.1, 0.15) is 18.4 Å². The molecule has 1 aromatic carbocycles. The molecule has 0 aliphatic carbocycles. The molecule has 112 valence electrons. The first kappa shape index (κ1) is 15.7. The summed E-state index contributed by atoms with van der Waals surface area (Å²) in [6.45, 7) is 1.27. The lowest BCUT2D eigenvalue weighted by Gasteiger charge is -2.03. The lowest BCUT2D eigenvalue weighted by Crippen LogP contribution is -2.11. The number of rotatable bonds is 7. The van der Waals surface area contributed by atoms with Crippen molar-refractivity contribution in [2.45, 2.75) is 19.4 Å². The van der Waals surface area contributed by atoms with Gasteiger partial charge in [0.05, 0.1) is 18.4 Å². The average Bonchev–Trinajstić information content (AvgIpc) is 2.89. The van der Waals surface area contributed by atoms with E-state index in [0.29, 0.717) is 19.6 Å². The average molecular weight is 352 g/mol. The van der Waals surface area contributed by atoms with Crippen LogP contribution in [-0.2, 0) is 16.1 Å². The molecule has 2 aromatic rings. The Balaban J connectivity index is 1.86. The molecule has 1 aromatic heterocycles. The molecule has 0 radical (unpaired) electrons. The molecule has 1 N–H and O–H groups in total. The molecule has 0 bridgehead atoms. The van der Waals surface area contributed by atoms with Crippen molar-refractivity contribution in [1.82, 2.24) is 9.78 Å². The molecule has 0 unspecified atom stereocenters. The molecule has 1 heterocycles. The normalized spacial score (nSPS) is 10.6. The molecular weight excluding hydrogens is 334 g/mol. The Bertz CT molecular complexity index is 581. The molecule has 0 aliphatic rings. The molecule has 0 spiro atoms. The topological polar surface area (TPSA) is 56.1 Å². The highest BCUT2D eigenvalue weighted by Crippen LogP contribution is 2.13. The highest BCUT2D eigenvalue weighted by Gasteiger charge is 2.05. The number of anilines is 1. The Morgan fingerprint density at radius 1 is 1.38 bits per heavy atom. The van der Waals surface area contributed by atoms with Gasteiger partial charge in [0.15, 0.2) is 0 Å². The largest absolute Gasteiger partial charge is 0.385 e. The minimum absolute atomic E-state index is 0.0183. The Hall–Kier alpha value is -1.66. The van der Waals surface area contributed by atoms with Crippen LogP contribution in [0.5, 0.6) is 0 Å². The van der Waals surface area contributed by atoms with Crippen LogP contribution in [0.25, 0.3) is 0 Å². The molecule has 6 heteroatoms. The number of amides is 1. The fraction of sp³-hybridized carbons (Fsp3) is 0.333. The maximum absolute atomic E-state index is 11.7. The van der Waals surface area contributed by atoms with Crippen LogP contribution >= 0.6 is 15.9 Å². The van der Waals surface area contributed by atoms with Crippen molar-refractivity contribution in [3.63, 3.8) is 0 Å². The van der Waals surface area contributed by atoms with Crippen molar-refractivity contribution in [1.29, 1.82) is 0 Å². The van der Waals surface area contributed by atoms with Gasteiger partial charge in [0.1, 0.15) is 0 Å². The molecule has 0 saturated carbocycles. The number of carbonyl (C=O) groups is 1. The van der Waals surface area contributed by atoms with Crippen LogP contribution in [-0.4, -0.2) is 29.4 Å². The van der Waals surface area contributed by atoms with Crippen molar-refractivity contribution in [3.05, 3.63) is 46.7 Å². The van der Waals surface area contributed by atoms with Gasteiger partial charge in [0, 0.05) is 30.8 Å². The van der Waals surface area contributed by atoms with E-state index in [4.69, 9.17) is 4.74 Å². The zero-order valence-electron chi connectivity index (χ0n) is 11.9. The van der Waals surface area contributed by atoms with Crippen LogP contribution in [0.15, 0.2) is 41.1 Å². The zero-order valence-corrected chi connectivity index (χ0v) is 13.5. The summed E-state index contributed by atoms with van der Waals surface area (Å²) >= 11 is 3.41. The number of methoxy groups -OCH3 is 1. The number of nitrogens with one attached hydrogen (secondary N) is 1. The lowest BCUT2D eigenvalue weighted by atomic mass is 10.2. The molecule has 5 nitrogen and oxygen atoms in total. The molecule has 0 aliphatic heterocycles. The molecule has 0 atom stereocenters. The minimum Gasteiger partial charge on any atom is -0.385 e. The molecule has 21 heavy (non-hydrogen) atoms. The number of hydrogen-bond acceptors (Lipinski definition) is 3. The smallest absolute Gasteiger partial charge is 0.224 e. The summed E-state index contributed by atoms with van der Waals surface area (Å²) in [7, 11) is 1.63. The van der Waals surface area contributed by atoms with E-state index >= 15 is 0 Å². The summed E-state index contributed by atoms with van der Waals surface area (Å²) in [5.74, 6) is -0.0183. The first-order chi connectivity index (χ1) is 10.2. The van der Waals surface area contributed by atoms with Crippen molar-refractivity contribution in [3.8, 4) is 0 Å². The van der Waals surface area contributed by atoms with E-state index in [2.05, 4.69) is 26.3 Å². The van der Waals surface area contributed by atoms with Crippen LogP contribution in [0.3, 0.4) is 0 Å². The quantitative estimate of drug-likeness (QED) is 0.780. The van der Waals surface area contributed by atoms with E-state index in [9.17, 15) is 4.79 Å². The first-order valence-corrected chi connectivity index (χ1v) is 7.52. The molecule has 0 saturated heterocycles. The molecule has 1 amide bonds. The van der Waals surface area contributed by atoms with Crippen molar-refractivity contribution < 1.29 is 9.53 Å². The van der Waals surface area contributed by atoms with Crippen LogP contribution < -0.4 is 5.32 Å². The summed E-state index contributed by atoms with van der Waals surface area (Å²) in [5, 5.41) is 7.08. The predicted molar refractivity (Wildman–Crippen MR) is 85.2 cm³/mol. The maximum atomic E-state index is 11.7. The number of carbonyl (C=O) groups excluding carboxylic acids is 1. The van der Waals surface area contributed by atoms with Gasteiger partial charge >= 0.3 is 0 Å². The minimum atomic E-state index is -0.0183. The van der Waals surface area contributed by atoms with E-state index in [0.717, 1.165) is 22.1 Å². The van der Waals surface area contributed by atoms with E-state index in [1.54, 1.807) is 18.0 Å². The third-order valence-corrected chi connectivity index (χ3v) is 3.46. The summed E-state index contributed by atoms with van der Waals surface area (Å²) in [6.07, 6.45) is 4.66. The first-order valence-electron chi connectivity index (χ1n) is 6.73. The second kappa shape index (κ2) is 7.95. The summed E-state index contributed by atoms with van der Waals surface area (Å²) in [6, 6.07) is 8.07. The molecule has 0 fully saturated rings. The second-order valence-corrected chi connectivity index (χ2v) is 5.61. The van der Waals surface area contributed by atoms with E-state index < -0.39 is 0 Å². The Morgan fingerprint density at radius 2 is 2.14 bits per heavy atom. The molecular formula is C15H18BrN3O2. The van der Waals surface area contributed by atoms with Gasteiger partial charge in [-0.15, -0.1) is 0 Å². The highest BCUT2D eigenvalue weighted by atomic mass is 79.9. The number of aromatic nitrogens is 2. The van der Waals surface area contributed by atoms with Gasteiger partial charge in [-0.05, 0) is 24.1 Å². The molecule has 2 rings (SSSR count). The van der Waals surface area contributed by atoms with Crippen LogP contribution in [0.4, 0.5) is 5.69 Å². The number of nitrogens with zero attached hydrogens (tertiary/aromatic N) is 2. The Labute approximate surface area is 132 Å². The second-order valence-electron chi connectivity index (χ2n) is 4.70. The summed E-state index contributed by atoms with van der Waals surface area (Å²) < 4.78 is 7.77. The summed E-state index contributed by atoms with van der Waals surface area (Å²) in [5.41, 5.74) is 1.87. The van der Waals surface area contributed by atoms with Gasteiger partial charge < -0.3 is 10.1 Å². The fourth-order valence-corrected chi connectivity index (χ4v) is 2.16. The third-order valence-electron chi connectivity index (χ3n) is 2.93. The van der Waals surface area contributed by atoms with Gasteiger partial charge in [-0.25, -0.2) is 0 Å². The Kier molecular flexibility index (Phi) is 5.95. The van der Waals surface area contributed by atoms with Gasteiger partial charge in [-0.1, -0.05) is 28.1 Å². The number of ether oxygens (including phenoxy) is 1. The number of halogens is 1. The SMILES string of the molecule is COCCCC(=O)Nc1cnn(Cc2ccc(Br)cc2)c1. The maximum Gasteiger partial charge on any atom is 0.224 e. The van der Waals surface area contributed by atoms with Crippen molar-refractivity contribution >= 4 is 27.5 Å². The van der Waals surface area contributed by atoms with Crippen molar-refractivity contribution in [2.75, 3.05) is 19.0 Å². The summed E-state index contributed by atoms with van der Waals surface area (Å²) in [4.78, 5) is 11.7. The zero-order chi connectivity index (χ0) is 15.1.